The third-order valence-electron chi connectivity index (χ3n) is 3.03. The molecule has 0 aliphatic carbocycles. The molecule has 1 aromatic carbocycles. The number of thiophene rings is 1. The number of amides is 1. The van der Waals surface area contributed by atoms with E-state index in [1.165, 1.54) is 6.07 Å². The summed E-state index contributed by atoms with van der Waals surface area (Å²) in [7, 11) is 1.57. The zero-order valence-electron chi connectivity index (χ0n) is 13.2. The van der Waals surface area contributed by atoms with Gasteiger partial charge in [-0.25, -0.2) is 5.43 Å². The predicted molar refractivity (Wildman–Crippen MR) is 90.5 cm³/mol. The molecule has 0 fully saturated rings. The summed E-state index contributed by atoms with van der Waals surface area (Å²) < 4.78 is 5.10. The molecule has 1 amide bonds. The van der Waals surface area contributed by atoms with Crippen LogP contribution in [0.15, 0.2) is 41.5 Å². The molecule has 2 N–H and O–H groups in total. The molecule has 0 saturated heterocycles. The highest BCUT2D eigenvalue weighted by Gasteiger charge is 2.05. The molecule has 1 aromatic heterocycles. The number of anilines is 1. The molecular weight excluding hydrogens is 330 g/mol. The summed E-state index contributed by atoms with van der Waals surface area (Å²) in [5.74, 6) is -0.866. The second kappa shape index (κ2) is 8.11. The number of hydrogen-bond acceptors (Lipinski definition) is 7. The number of carbonyl (C=O) groups is 2. The van der Waals surface area contributed by atoms with Gasteiger partial charge in [-0.15, -0.1) is 11.3 Å². The molecule has 126 valence electrons. The highest BCUT2D eigenvalue weighted by molar-refractivity contribution is 7.15. The SMILES string of the molecule is COc1cccc(NCC(=O)N/N=C(/C)c2ccc(C(=O)[O-])s2)c1. The average Bonchev–Trinajstić information content (AvgIpc) is 3.08. The van der Waals surface area contributed by atoms with Crippen LogP contribution in [0.2, 0.25) is 0 Å². The molecule has 0 aliphatic heterocycles. The molecule has 0 saturated carbocycles. The molecule has 7 nitrogen and oxygen atoms in total. The quantitative estimate of drug-likeness (QED) is 0.577. The molecule has 2 aromatic rings. The summed E-state index contributed by atoms with van der Waals surface area (Å²) in [6.07, 6.45) is 0. The van der Waals surface area contributed by atoms with E-state index in [1.807, 2.05) is 12.1 Å². The number of ether oxygens (including phenoxy) is 1. The normalized spacial score (nSPS) is 11.0. The maximum Gasteiger partial charge on any atom is 0.259 e. The lowest BCUT2D eigenvalue weighted by molar-refractivity contribution is -0.254. The van der Waals surface area contributed by atoms with Crippen molar-refractivity contribution in [2.75, 3.05) is 19.0 Å². The Morgan fingerprint density at radius 1 is 1.25 bits per heavy atom. The predicted octanol–water partition coefficient (Wildman–Crippen LogP) is 1.07. The Kier molecular flexibility index (Phi) is 5.91. The van der Waals surface area contributed by atoms with Gasteiger partial charge in [0.25, 0.3) is 5.91 Å². The fraction of sp³-hybridized carbons (Fsp3) is 0.188. The molecule has 0 bridgehead atoms. The highest BCUT2D eigenvalue weighted by atomic mass is 32.1. The fourth-order valence-electron chi connectivity index (χ4n) is 1.80. The first-order chi connectivity index (χ1) is 11.5. The lowest BCUT2D eigenvalue weighted by Gasteiger charge is -2.07. The Hall–Kier alpha value is -2.87. The van der Waals surface area contributed by atoms with E-state index in [4.69, 9.17) is 4.74 Å². The molecule has 2 rings (SSSR count). The van der Waals surface area contributed by atoms with Crippen molar-refractivity contribution in [1.82, 2.24) is 5.43 Å². The first-order valence-corrected chi connectivity index (χ1v) is 7.84. The van der Waals surface area contributed by atoms with Gasteiger partial charge in [0.05, 0.1) is 35.1 Å². The van der Waals surface area contributed by atoms with E-state index in [2.05, 4.69) is 15.8 Å². The third-order valence-corrected chi connectivity index (χ3v) is 4.21. The molecule has 0 atom stereocenters. The standard InChI is InChI=1S/C16H17N3O4S/c1-10(13-6-7-14(24-13)16(21)22)18-19-15(20)9-17-11-4-3-5-12(8-11)23-2/h3-8,17H,9H2,1-2H3,(H,19,20)(H,21,22)/p-1/b18-10-. The number of rotatable bonds is 7. The van der Waals surface area contributed by atoms with Gasteiger partial charge < -0.3 is 20.0 Å². The summed E-state index contributed by atoms with van der Waals surface area (Å²) in [5, 5.41) is 17.7. The van der Waals surface area contributed by atoms with Crippen LogP contribution in [0.25, 0.3) is 0 Å². The van der Waals surface area contributed by atoms with Gasteiger partial charge >= 0.3 is 0 Å². The van der Waals surface area contributed by atoms with E-state index in [0.29, 0.717) is 16.3 Å². The number of carboxylic acids is 1. The minimum Gasteiger partial charge on any atom is -0.544 e. The molecule has 24 heavy (non-hydrogen) atoms. The molecular formula is C16H16N3O4S-. The van der Waals surface area contributed by atoms with Crippen LogP contribution in [0, 0.1) is 0 Å². The number of benzene rings is 1. The van der Waals surface area contributed by atoms with Crippen molar-refractivity contribution in [3.05, 3.63) is 46.2 Å². The summed E-state index contributed by atoms with van der Waals surface area (Å²) >= 11 is 1.04. The summed E-state index contributed by atoms with van der Waals surface area (Å²) in [4.78, 5) is 23.3. The second-order valence-corrected chi connectivity index (χ2v) is 5.85. The largest absolute Gasteiger partial charge is 0.544 e. The lowest BCUT2D eigenvalue weighted by atomic mass is 10.3. The Balaban J connectivity index is 1.88. The number of carboxylic acid groups (broad SMARTS) is 1. The van der Waals surface area contributed by atoms with Gasteiger partial charge in [-0.2, -0.15) is 5.10 Å². The van der Waals surface area contributed by atoms with Crippen molar-refractivity contribution >= 4 is 34.6 Å². The highest BCUT2D eigenvalue weighted by Crippen LogP contribution is 2.17. The van der Waals surface area contributed by atoms with E-state index in [9.17, 15) is 14.7 Å². The smallest absolute Gasteiger partial charge is 0.259 e. The third kappa shape index (κ3) is 4.82. The van der Waals surface area contributed by atoms with Crippen molar-refractivity contribution in [2.24, 2.45) is 5.10 Å². The zero-order chi connectivity index (χ0) is 17.5. The number of methoxy groups -OCH3 is 1. The van der Waals surface area contributed by atoms with Crippen molar-refractivity contribution in [3.63, 3.8) is 0 Å². The van der Waals surface area contributed by atoms with Gasteiger partial charge in [-0.05, 0) is 31.2 Å². The van der Waals surface area contributed by atoms with Gasteiger partial charge in [0.15, 0.2) is 0 Å². The van der Waals surface area contributed by atoms with Crippen molar-refractivity contribution in [3.8, 4) is 5.75 Å². The van der Waals surface area contributed by atoms with Gasteiger partial charge in [0.1, 0.15) is 5.75 Å². The van der Waals surface area contributed by atoms with Crippen LogP contribution in [-0.2, 0) is 4.79 Å². The molecule has 0 aliphatic rings. The maximum absolute atomic E-state index is 11.8. The van der Waals surface area contributed by atoms with Crippen molar-refractivity contribution in [1.29, 1.82) is 0 Å². The first kappa shape index (κ1) is 17.5. The fourth-order valence-corrected chi connectivity index (χ4v) is 2.58. The lowest BCUT2D eigenvalue weighted by Crippen LogP contribution is -2.26. The monoisotopic (exact) mass is 346 g/mol. The second-order valence-electron chi connectivity index (χ2n) is 4.77. The topological polar surface area (TPSA) is 103 Å². The van der Waals surface area contributed by atoms with Crippen LogP contribution in [-0.4, -0.2) is 31.2 Å². The van der Waals surface area contributed by atoms with Gasteiger partial charge in [0.2, 0.25) is 0 Å². The molecule has 0 spiro atoms. The molecule has 0 radical (unpaired) electrons. The van der Waals surface area contributed by atoms with E-state index < -0.39 is 5.97 Å². The van der Waals surface area contributed by atoms with Crippen LogP contribution >= 0.6 is 11.3 Å². The van der Waals surface area contributed by atoms with E-state index >= 15 is 0 Å². The molecule has 8 heteroatoms. The summed E-state index contributed by atoms with van der Waals surface area (Å²) in [6.45, 7) is 1.72. The van der Waals surface area contributed by atoms with Crippen LogP contribution in [0.4, 0.5) is 5.69 Å². The number of nitrogens with one attached hydrogen (secondary N) is 2. The van der Waals surface area contributed by atoms with E-state index in [1.54, 1.807) is 32.2 Å². The maximum atomic E-state index is 11.8. The van der Waals surface area contributed by atoms with E-state index in [0.717, 1.165) is 17.0 Å². The van der Waals surface area contributed by atoms with Crippen molar-refractivity contribution < 1.29 is 19.4 Å². The van der Waals surface area contributed by atoms with Crippen LogP contribution < -0.4 is 20.6 Å². The van der Waals surface area contributed by atoms with Gasteiger partial charge in [-0.3, -0.25) is 4.79 Å². The number of hydrogen-bond donors (Lipinski definition) is 2. The Bertz CT molecular complexity index is 770. The summed E-state index contributed by atoms with van der Waals surface area (Å²) in [5.41, 5.74) is 3.68. The van der Waals surface area contributed by atoms with Crippen LogP contribution in [0.1, 0.15) is 21.5 Å². The number of hydrazone groups is 1. The molecule has 1 heterocycles. The Morgan fingerprint density at radius 2 is 2.00 bits per heavy atom. The van der Waals surface area contributed by atoms with Gasteiger partial charge in [0, 0.05) is 11.8 Å². The average molecular weight is 346 g/mol. The number of nitrogens with zero attached hydrogens (tertiary/aromatic N) is 1. The minimum absolute atomic E-state index is 0.0404. The number of carbonyl (C=O) groups excluding carboxylic acids is 2. The van der Waals surface area contributed by atoms with E-state index in [-0.39, 0.29) is 17.3 Å². The number of aromatic carboxylic acids is 1. The summed E-state index contributed by atoms with van der Waals surface area (Å²) in [6, 6.07) is 10.3. The Labute approximate surface area is 143 Å². The Morgan fingerprint density at radius 3 is 2.67 bits per heavy atom. The zero-order valence-corrected chi connectivity index (χ0v) is 14.0. The molecule has 0 unspecified atom stereocenters. The van der Waals surface area contributed by atoms with Crippen molar-refractivity contribution in [2.45, 2.75) is 6.92 Å². The van der Waals surface area contributed by atoms with Crippen LogP contribution in [0.3, 0.4) is 0 Å². The minimum atomic E-state index is -1.23. The van der Waals surface area contributed by atoms with Crippen LogP contribution in [0.5, 0.6) is 5.75 Å². The van der Waals surface area contributed by atoms with Gasteiger partial charge in [-0.1, -0.05) is 6.07 Å². The first-order valence-electron chi connectivity index (χ1n) is 7.02.